The quantitative estimate of drug-likeness (QED) is 0.149. The summed E-state index contributed by atoms with van der Waals surface area (Å²) < 4.78 is 26.0. The number of likely N-dealkylation sites (tertiary alicyclic amines) is 1. The zero-order chi connectivity index (χ0) is 33.6. The van der Waals surface area contributed by atoms with Gasteiger partial charge in [-0.25, -0.2) is 0 Å². The average Bonchev–Trinajstić information content (AvgIpc) is 3.59. The van der Waals surface area contributed by atoms with E-state index in [0.29, 0.717) is 25.9 Å². The van der Waals surface area contributed by atoms with Crippen LogP contribution in [0.25, 0.3) is 0 Å². The lowest BCUT2D eigenvalue weighted by atomic mass is 9.95. The predicted molar refractivity (Wildman–Crippen MR) is 199 cm³/mol. The number of ether oxygens (including phenoxy) is 4. The summed E-state index contributed by atoms with van der Waals surface area (Å²) in [6, 6.07) is 38.1. The standard InChI is InChI=1S/C43H47NO4S/c1-31-22-24-44(27-31)32(2)28-45-37-19-17-35(18-20-37)41-42(36-15-10-16-38(25-36)46-29-33-11-6-4-7-12-33)49-40-26-43(3,23-21-39(40)48-41)47-30-34-13-8-5-9-14-34/h4-21,23,25,31-32,41-42H,22,24,26-30H2,1-3H3/t31-,32+,41+,42-,43?/m1/s1. The van der Waals surface area contributed by atoms with Crippen LogP contribution in [0.4, 0.5) is 0 Å². The van der Waals surface area contributed by atoms with E-state index in [0.717, 1.165) is 53.8 Å². The van der Waals surface area contributed by atoms with Gasteiger partial charge in [-0.3, -0.25) is 4.90 Å². The molecule has 2 aliphatic heterocycles. The van der Waals surface area contributed by atoms with Crippen molar-refractivity contribution in [1.82, 2.24) is 4.90 Å². The van der Waals surface area contributed by atoms with Crippen molar-refractivity contribution in [2.75, 3.05) is 19.7 Å². The molecule has 6 heteroatoms. The number of nitrogens with zero attached hydrogens (tertiary/aromatic N) is 1. The van der Waals surface area contributed by atoms with Crippen molar-refractivity contribution in [1.29, 1.82) is 0 Å². The van der Waals surface area contributed by atoms with Crippen LogP contribution in [-0.4, -0.2) is 36.2 Å². The second-order valence-electron chi connectivity index (χ2n) is 13.9. The van der Waals surface area contributed by atoms with Crippen LogP contribution < -0.4 is 9.47 Å². The van der Waals surface area contributed by atoms with Gasteiger partial charge in [-0.2, -0.15) is 0 Å². The van der Waals surface area contributed by atoms with Gasteiger partial charge >= 0.3 is 0 Å². The maximum atomic E-state index is 6.91. The van der Waals surface area contributed by atoms with E-state index in [1.807, 2.05) is 42.1 Å². The van der Waals surface area contributed by atoms with E-state index in [1.54, 1.807) is 0 Å². The Kier molecular flexibility index (Phi) is 10.5. The van der Waals surface area contributed by atoms with E-state index in [-0.39, 0.29) is 11.4 Å². The van der Waals surface area contributed by atoms with Crippen LogP contribution in [-0.2, 0) is 22.7 Å². The van der Waals surface area contributed by atoms with E-state index >= 15 is 0 Å². The molecule has 49 heavy (non-hydrogen) atoms. The van der Waals surface area contributed by atoms with E-state index in [4.69, 9.17) is 18.9 Å². The predicted octanol–water partition coefficient (Wildman–Crippen LogP) is 10.1. The minimum Gasteiger partial charge on any atom is -0.492 e. The fourth-order valence-electron chi connectivity index (χ4n) is 6.80. The Bertz CT molecular complexity index is 1740. The lowest BCUT2D eigenvalue weighted by molar-refractivity contribution is -0.00911. The topological polar surface area (TPSA) is 40.2 Å². The summed E-state index contributed by atoms with van der Waals surface area (Å²) in [4.78, 5) is 3.75. The molecule has 1 unspecified atom stereocenters. The molecule has 254 valence electrons. The highest BCUT2D eigenvalue weighted by atomic mass is 32.2. The first-order chi connectivity index (χ1) is 23.9. The summed E-state index contributed by atoms with van der Waals surface area (Å²) in [6.45, 7) is 10.9. The molecule has 3 aliphatic rings. The minimum absolute atomic E-state index is 0.0212. The van der Waals surface area contributed by atoms with Crippen molar-refractivity contribution in [3.8, 4) is 11.5 Å². The lowest BCUT2D eigenvalue weighted by Gasteiger charge is -2.39. The fraction of sp³-hybridized carbons (Fsp3) is 0.349. The van der Waals surface area contributed by atoms with Crippen LogP contribution in [0.1, 0.15) is 67.2 Å². The summed E-state index contributed by atoms with van der Waals surface area (Å²) in [5.41, 5.74) is 4.18. The number of benzene rings is 4. The van der Waals surface area contributed by atoms with Crippen LogP contribution >= 0.6 is 11.8 Å². The molecule has 1 saturated heterocycles. The summed E-state index contributed by atoms with van der Waals surface area (Å²) in [6.07, 6.45) is 6.10. The molecule has 5 nitrogen and oxygen atoms in total. The molecule has 0 radical (unpaired) electrons. The first-order valence-corrected chi connectivity index (χ1v) is 18.5. The van der Waals surface area contributed by atoms with Crippen molar-refractivity contribution in [3.63, 3.8) is 0 Å². The highest BCUT2D eigenvalue weighted by Gasteiger charge is 2.39. The van der Waals surface area contributed by atoms with Gasteiger partial charge in [0.25, 0.3) is 0 Å². The van der Waals surface area contributed by atoms with Gasteiger partial charge in [-0.05, 0) is 91.4 Å². The lowest BCUT2D eigenvalue weighted by Crippen LogP contribution is -2.35. The Morgan fingerprint density at radius 2 is 1.57 bits per heavy atom. The monoisotopic (exact) mass is 673 g/mol. The number of hydrogen-bond donors (Lipinski definition) is 0. The molecule has 0 saturated carbocycles. The normalized spacial score (nSPS) is 24.3. The van der Waals surface area contributed by atoms with E-state index in [1.165, 1.54) is 22.5 Å². The van der Waals surface area contributed by atoms with Crippen LogP contribution in [0, 0.1) is 5.92 Å². The molecular weight excluding hydrogens is 627 g/mol. The molecular formula is C43H47NO4S. The van der Waals surface area contributed by atoms with Gasteiger partial charge in [0, 0.05) is 23.9 Å². The molecule has 7 rings (SSSR count). The molecule has 4 aromatic rings. The molecule has 0 amide bonds. The van der Waals surface area contributed by atoms with Crippen molar-refractivity contribution >= 4 is 11.8 Å². The van der Waals surface area contributed by atoms with Gasteiger partial charge in [0.1, 0.15) is 36.6 Å². The number of allylic oxidation sites excluding steroid dienone is 1. The molecule has 0 bridgehead atoms. The third-order valence-corrected chi connectivity index (χ3v) is 11.2. The van der Waals surface area contributed by atoms with Crippen molar-refractivity contribution in [3.05, 3.63) is 154 Å². The zero-order valence-electron chi connectivity index (χ0n) is 28.8. The van der Waals surface area contributed by atoms with Crippen LogP contribution in [0.5, 0.6) is 11.5 Å². The van der Waals surface area contributed by atoms with Crippen molar-refractivity contribution in [2.24, 2.45) is 5.92 Å². The van der Waals surface area contributed by atoms with Crippen LogP contribution in [0.15, 0.2) is 132 Å². The maximum absolute atomic E-state index is 6.91. The fourth-order valence-corrected chi connectivity index (χ4v) is 8.33. The van der Waals surface area contributed by atoms with Gasteiger partial charge < -0.3 is 18.9 Å². The van der Waals surface area contributed by atoms with Gasteiger partial charge in [0.15, 0.2) is 0 Å². The smallest absolute Gasteiger partial charge is 0.140 e. The van der Waals surface area contributed by atoms with Gasteiger partial charge in [0.05, 0.1) is 17.5 Å². The molecule has 0 N–H and O–H groups in total. The van der Waals surface area contributed by atoms with Gasteiger partial charge in [-0.1, -0.05) is 91.9 Å². The van der Waals surface area contributed by atoms with E-state index < -0.39 is 5.60 Å². The number of hydrogen-bond acceptors (Lipinski definition) is 6. The summed E-state index contributed by atoms with van der Waals surface area (Å²) in [5.74, 6) is 3.44. The first-order valence-electron chi connectivity index (χ1n) is 17.6. The van der Waals surface area contributed by atoms with Gasteiger partial charge in [0.2, 0.25) is 0 Å². The molecule has 2 heterocycles. The Balaban J connectivity index is 1.10. The zero-order valence-corrected chi connectivity index (χ0v) is 29.6. The highest BCUT2D eigenvalue weighted by Crippen LogP contribution is 2.55. The first kappa shape index (κ1) is 33.5. The Labute approximate surface area is 295 Å². The van der Waals surface area contributed by atoms with E-state index in [2.05, 4.69) is 117 Å². The molecule has 0 aromatic heterocycles. The minimum atomic E-state index is -0.424. The molecule has 1 fully saturated rings. The molecule has 4 aromatic carbocycles. The molecule has 0 spiro atoms. The highest BCUT2D eigenvalue weighted by molar-refractivity contribution is 8.03. The third-order valence-electron chi connectivity index (χ3n) is 9.80. The number of thioether (sulfide) groups is 1. The average molecular weight is 674 g/mol. The van der Waals surface area contributed by atoms with Crippen molar-refractivity contribution in [2.45, 2.75) is 69.8 Å². The molecule has 5 atom stereocenters. The Hall–Kier alpha value is -3.97. The second kappa shape index (κ2) is 15.3. The summed E-state index contributed by atoms with van der Waals surface area (Å²) in [7, 11) is 0. The largest absolute Gasteiger partial charge is 0.492 e. The SMILES string of the molecule is C[C@@H]1CCN([C@@H](C)COc2ccc([C@@H]3OC4=C(CC(C)(OCc5ccccc5)C=C4)S[C@@H]3c3cccc(OCc4ccccc4)c3)cc2)C1. The van der Waals surface area contributed by atoms with E-state index in [9.17, 15) is 0 Å². The molecule has 1 aliphatic carbocycles. The maximum Gasteiger partial charge on any atom is 0.140 e. The van der Waals surface area contributed by atoms with Crippen molar-refractivity contribution < 1.29 is 18.9 Å². The van der Waals surface area contributed by atoms with Gasteiger partial charge in [-0.15, -0.1) is 11.8 Å². The summed E-state index contributed by atoms with van der Waals surface area (Å²) in [5, 5.41) is 0.0212. The second-order valence-corrected chi connectivity index (χ2v) is 15.2. The summed E-state index contributed by atoms with van der Waals surface area (Å²) >= 11 is 1.88. The van der Waals surface area contributed by atoms with Crippen LogP contribution in [0.2, 0.25) is 0 Å². The Morgan fingerprint density at radius 1 is 0.837 bits per heavy atom. The Morgan fingerprint density at radius 3 is 2.29 bits per heavy atom. The number of rotatable bonds is 12. The van der Waals surface area contributed by atoms with Crippen LogP contribution in [0.3, 0.4) is 0 Å². The third kappa shape index (κ3) is 8.43.